The summed E-state index contributed by atoms with van der Waals surface area (Å²) >= 11 is 0. The fourth-order valence-electron chi connectivity index (χ4n) is 1.53. The molecule has 1 fully saturated rings. The van der Waals surface area contributed by atoms with E-state index < -0.39 is 0 Å². The van der Waals surface area contributed by atoms with E-state index in [-0.39, 0.29) is 5.54 Å². The fraction of sp³-hybridized carbons (Fsp3) is 1.00. The van der Waals surface area contributed by atoms with Gasteiger partial charge in [0.05, 0.1) is 0 Å². The van der Waals surface area contributed by atoms with Crippen LogP contribution in [0.5, 0.6) is 0 Å². The highest BCUT2D eigenvalue weighted by molar-refractivity contribution is 4.91. The lowest BCUT2D eigenvalue weighted by Crippen LogP contribution is -2.47. The molecule has 1 aliphatic carbocycles. The monoisotopic (exact) mass is 99.1 g/mol. The first-order chi connectivity index (χ1) is 3.10. The summed E-state index contributed by atoms with van der Waals surface area (Å²) in [5.41, 5.74) is 5.91. The molecule has 0 atom stereocenters. The third kappa shape index (κ3) is 0.942. The molecule has 0 aromatic carbocycles. The van der Waals surface area contributed by atoms with Crippen molar-refractivity contribution in [2.24, 2.45) is 11.7 Å². The Hall–Kier alpha value is -0.0400. The van der Waals surface area contributed by atoms with E-state index in [0.717, 1.165) is 5.92 Å². The molecule has 0 spiro atoms. The van der Waals surface area contributed by atoms with Crippen molar-refractivity contribution in [3.05, 3.63) is 0 Å². The minimum atomic E-state index is 0.194. The van der Waals surface area contributed by atoms with Crippen molar-refractivity contribution in [1.29, 1.82) is 0 Å². The van der Waals surface area contributed by atoms with E-state index in [1.807, 2.05) is 0 Å². The highest BCUT2D eigenvalue weighted by Gasteiger charge is 2.32. The quantitative estimate of drug-likeness (QED) is 0.484. The second-order valence-electron chi connectivity index (χ2n) is 3.17. The molecule has 0 aromatic heterocycles. The predicted octanol–water partition coefficient (Wildman–Crippen LogP) is 1.13. The Morgan fingerprint density at radius 3 is 2.00 bits per heavy atom. The van der Waals surface area contributed by atoms with Crippen LogP contribution in [0.4, 0.5) is 0 Å². The van der Waals surface area contributed by atoms with Crippen LogP contribution in [0.1, 0.15) is 26.7 Å². The lowest BCUT2D eigenvalue weighted by atomic mass is 9.71. The minimum Gasteiger partial charge on any atom is -0.325 e. The van der Waals surface area contributed by atoms with Crippen molar-refractivity contribution in [3.63, 3.8) is 0 Å². The van der Waals surface area contributed by atoms with Crippen LogP contribution in [-0.4, -0.2) is 5.54 Å². The van der Waals surface area contributed by atoms with Gasteiger partial charge in [0, 0.05) is 5.54 Å². The highest BCUT2D eigenvalue weighted by atomic mass is 14.8. The molecule has 0 heterocycles. The second-order valence-corrected chi connectivity index (χ2v) is 3.17. The average molecular weight is 99.2 g/mol. The molecule has 0 saturated heterocycles. The van der Waals surface area contributed by atoms with Crippen LogP contribution >= 0.6 is 0 Å². The molecule has 1 aliphatic rings. The van der Waals surface area contributed by atoms with Crippen LogP contribution < -0.4 is 5.73 Å². The summed E-state index contributed by atoms with van der Waals surface area (Å²) < 4.78 is 0. The van der Waals surface area contributed by atoms with Gasteiger partial charge in [-0.25, -0.2) is 0 Å². The molecule has 1 saturated carbocycles. The van der Waals surface area contributed by atoms with Crippen molar-refractivity contribution < 1.29 is 0 Å². The van der Waals surface area contributed by atoms with Gasteiger partial charge in [0.25, 0.3) is 0 Å². The van der Waals surface area contributed by atoms with E-state index in [0.29, 0.717) is 0 Å². The van der Waals surface area contributed by atoms with Crippen molar-refractivity contribution >= 4 is 0 Å². The maximum atomic E-state index is 5.71. The molecule has 1 nitrogen and oxygen atoms in total. The molecule has 7 heavy (non-hydrogen) atoms. The Labute approximate surface area is 44.9 Å². The summed E-state index contributed by atoms with van der Waals surface area (Å²) in [6.07, 6.45) is 2.43. The number of hydrogen-bond donors (Lipinski definition) is 1. The van der Waals surface area contributed by atoms with Gasteiger partial charge in [-0.2, -0.15) is 0 Å². The molecule has 1 rings (SSSR count). The third-order valence-corrected chi connectivity index (χ3v) is 1.63. The number of rotatable bonds is 0. The third-order valence-electron chi connectivity index (χ3n) is 1.63. The van der Waals surface area contributed by atoms with Crippen LogP contribution in [0.25, 0.3) is 0 Å². The number of hydrogen-bond acceptors (Lipinski definition) is 1. The van der Waals surface area contributed by atoms with Gasteiger partial charge in [0.2, 0.25) is 0 Å². The van der Waals surface area contributed by atoms with Crippen LogP contribution in [0.3, 0.4) is 0 Å². The lowest BCUT2D eigenvalue weighted by Gasteiger charge is -2.40. The van der Waals surface area contributed by atoms with E-state index in [9.17, 15) is 0 Å². The van der Waals surface area contributed by atoms with E-state index in [2.05, 4.69) is 13.8 Å². The normalized spacial score (nSPS) is 51.0. The van der Waals surface area contributed by atoms with Crippen molar-refractivity contribution in [2.45, 2.75) is 32.2 Å². The molecule has 0 amide bonds. The van der Waals surface area contributed by atoms with Crippen LogP contribution in [-0.2, 0) is 0 Å². The number of nitrogens with two attached hydrogens (primary N) is 1. The van der Waals surface area contributed by atoms with Crippen LogP contribution in [0, 0.1) is 5.92 Å². The van der Waals surface area contributed by atoms with E-state index in [4.69, 9.17) is 5.73 Å². The summed E-state index contributed by atoms with van der Waals surface area (Å²) in [6, 6.07) is 0. The first-order valence-electron chi connectivity index (χ1n) is 2.89. The minimum absolute atomic E-state index is 0.194. The molecule has 42 valence electrons. The standard InChI is InChI=1S/C6H13N/c1-5-3-6(2,7)4-5/h5H,3-4,7H2,1-2H3/t5-,6+. The van der Waals surface area contributed by atoms with Gasteiger partial charge in [-0.3, -0.25) is 0 Å². The molecule has 0 aliphatic heterocycles. The maximum Gasteiger partial charge on any atom is 0.0131 e. The zero-order chi connectivity index (χ0) is 5.49. The van der Waals surface area contributed by atoms with Crippen molar-refractivity contribution in [2.75, 3.05) is 0 Å². The molecular weight excluding hydrogens is 86.1 g/mol. The molecule has 0 bridgehead atoms. The zero-order valence-electron chi connectivity index (χ0n) is 5.07. The second kappa shape index (κ2) is 1.22. The topological polar surface area (TPSA) is 26.0 Å². The summed E-state index contributed by atoms with van der Waals surface area (Å²) in [4.78, 5) is 0. The fourth-order valence-corrected chi connectivity index (χ4v) is 1.53. The van der Waals surface area contributed by atoms with Gasteiger partial charge < -0.3 is 5.73 Å². The first kappa shape index (κ1) is 5.10. The Balaban J connectivity index is 2.29. The molecule has 0 unspecified atom stereocenters. The first-order valence-corrected chi connectivity index (χ1v) is 2.89. The molecule has 2 N–H and O–H groups in total. The van der Waals surface area contributed by atoms with E-state index in [1.54, 1.807) is 0 Å². The smallest absolute Gasteiger partial charge is 0.0131 e. The Morgan fingerprint density at radius 2 is 2.00 bits per heavy atom. The summed E-state index contributed by atoms with van der Waals surface area (Å²) in [7, 11) is 0. The maximum absolute atomic E-state index is 5.71. The Kier molecular flexibility index (Phi) is 0.890. The SMILES string of the molecule is C[C@H]1C[C@@](C)(N)C1. The van der Waals surface area contributed by atoms with Gasteiger partial charge >= 0.3 is 0 Å². The zero-order valence-corrected chi connectivity index (χ0v) is 5.07. The van der Waals surface area contributed by atoms with Crippen molar-refractivity contribution in [3.8, 4) is 0 Å². The Morgan fingerprint density at radius 1 is 1.57 bits per heavy atom. The van der Waals surface area contributed by atoms with Gasteiger partial charge in [-0.05, 0) is 25.7 Å². The lowest BCUT2D eigenvalue weighted by molar-refractivity contribution is 0.184. The Bertz CT molecular complexity index is 68.2. The van der Waals surface area contributed by atoms with Gasteiger partial charge in [0.15, 0.2) is 0 Å². The van der Waals surface area contributed by atoms with Gasteiger partial charge in [0.1, 0.15) is 0 Å². The van der Waals surface area contributed by atoms with Gasteiger partial charge in [-0.1, -0.05) is 6.92 Å². The van der Waals surface area contributed by atoms with E-state index in [1.165, 1.54) is 12.8 Å². The highest BCUT2D eigenvalue weighted by Crippen LogP contribution is 2.34. The molecule has 1 heteroatoms. The predicted molar refractivity (Wildman–Crippen MR) is 31.0 cm³/mol. The summed E-state index contributed by atoms with van der Waals surface area (Å²) in [6.45, 7) is 4.36. The molecular formula is C6H13N. The van der Waals surface area contributed by atoms with Gasteiger partial charge in [-0.15, -0.1) is 0 Å². The molecule has 0 aromatic rings. The van der Waals surface area contributed by atoms with Crippen LogP contribution in [0.15, 0.2) is 0 Å². The van der Waals surface area contributed by atoms with Crippen LogP contribution in [0.2, 0.25) is 0 Å². The van der Waals surface area contributed by atoms with E-state index >= 15 is 0 Å². The summed E-state index contributed by atoms with van der Waals surface area (Å²) in [5, 5.41) is 0. The summed E-state index contributed by atoms with van der Waals surface area (Å²) in [5.74, 6) is 0.884. The largest absolute Gasteiger partial charge is 0.325 e. The average Bonchev–Trinajstić information content (AvgIpc) is 1.27. The van der Waals surface area contributed by atoms with Crippen molar-refractivity contribution in [1.82, 2.24) is 0 Å². The molecule has 0 radical (unpaired) electrons.